The number of nitrogens with zero attached hydrogens (tertiary/aromatic N) is 1. The summed E-state index contributed by atoms with van der Waals surface area (Å²) in [6.45, 7) is 2.92. The van der Waals surface area contributed by atoms with E-state index in [1.54, 1.807) is 0 Å². The lowest BCUT2D eigenvalue weighted by atomic mass is 10.1. The molecule has 1 aliphatic rings. The van der Waals surface area contributed by atoms with E-state index >= 15 is 0 Å². The molecular weight excluding hydrogens is 318 g/mol. The van der Waals surface area contributed by atoms with Gasteiger partial charge >= 0.3 is 0 Å². The van der Waals surface area contributed by atoms with Crippen molar-refractivity contribution >= 4 is 0 Å². The van der Waals surface area contributed by atoms with Crippen LogP contribution in [0, 0.1) is 6.07 Å². The molecule has 1 atom stereocenters. The molecule has 0 amide bonds. The average Bonchev–Trinajstić information content (AvgIpc) is 3.15. The van der Waals surface area contributed by atoms with Gasteiger partial charge in [-0.15, -0.1) is 0 Å². The van der Waals surface area contributed by atoms with Crippen molar-refractivity contribution in [1.29, 1.82) is 0 Å². The Hall–Kier alpha value is -2.58. The molecule has 2 nitrogen and oxygen atoms in total. The first-order valence-corrected chi connectivity index (χ1v) is 9.36. The molecule has 1 radical (unpaired) electrons. The average molecular weight is 342 g/mol. The van der Waals surface area contributed by atoms with Crippen molar-refractivity contribution in [2.24, 2.45) is 0 Å². The van der Waals surface area contributed by atoms with Gasteiger partial charge in [0.25, 0.3) is 0 Å². The van der Waals surface area contributed by atoms with Gasteiger partial charge in [0.2, 0.25) is 0 Å². The van der Waals surface area contributed by atoms with E-state index < -0.39 is 0 Å². The lowest BCUT2D eigenvalue weighted by Crippen LogP contribution is -2.33. The summed E-state index contributed by atoms with van der Waals surface area (Å²) in [4.78, 5) is 2.54. The third-order valence-corrected chi connectivity index (χ3v) is 5.04. The molecule has 1 aliphatic heterocycles. The topological polar surface area (TPSA) is 12.5 Å². The van der Waals surface area contributed by atoms with Crippen LogP contribution in [0.1, 0.15) is 18.4 Å². The van der Waals surface area contributed by atoms with E-state index in [1.807, 2.05) is 18.2 Å². The van der Waals surface area contributed by atoms with E-state index in [4.69, 9.17) is 4.74 Å². The Labute approximate surface area is 156 Å². The highest BCUT2D eigenvalue weighted by Gasteiger charge is 2.25. The predicted molar refractivity (Wildman–Crippen MR) is 106 cm³/mol. The lowest BCUT2D eigenvalue weighted by molar-refractivity contribution is 0.167. The standard InChI is InChI=1S/C24H24NO/c1-3-8-20(9-4-1)18-25-17-7-12-23(25)19-26-24-15-13-22(14-16-24)21-10-5-2-6-11-21/h1-6,8-10,13-16,23H,7,12,17-19H2/t23-/m0/s1. The molecule has 1 heterocycles. The molecule has 131 valence electrons. The normalized spacial score (nSPS) is 17.3. The van der Waals surface area contributed by atoms with Gasteiger partial charge in [-0.3, -0.25) is 4.90 Å². The maximum atomic E-state index is 6.10. The molecule has 0 spiro atoms. The zero-order chi connectivity index (χ0) is 17.6. The molecular formula is C24H24NO. The second kappa shape index (κ2) is 8.20. The van der Waals surface area contributed by atoms with Crippen LogP contribution in [0.4, 0.5) is 0 Å². The number of hydrogen-bond donors (Lipinski definition) is 0. The monoisotopic (exact) mass is 342 g/mol. The van der Waals surface area contributed by atoms with Gasteiger partial charge in [0.1, 0.15) is 12.4 Å². The van der Waals surface area contributed by atoms with Crippen LogP contribution in [-0.4, -0.2) is 24.1 Å². The number of likely N-dealkylation sites (tertiary alicyclic amines) is 1. The maximum absolute atomic E-state index is 6.10. The second-order valence-electron chi connectivity index (χ2n) is 6.86. The fourth-order valence-electron chi connectivity index (χ4n) is 3.61. The number of benzene rings is 3. The van der Waals surface area contributed by atoms with Gasteiger partial charge in [-0.2, -0.15) is 0 Å². The van der Waals surface area contributed by atoms with E-state index in [-0.39, 0.29) is 0 Å². The number of ether oxygens (including phenoxy) is 1. The minimum absolute atomic E-state index is 0.498. The summed E-state index contributed by atoms with van der Waals surface area (Å²) >= 11 is 0. The van der Waals surface area contributed by atoms with Crippen LogP contribution in [0.25, 0.3) is 11.1 Å². The molecule has 0 bridgehead atoms. The molecule has 26 heavy (non-hydrogen) atoms. The quantitative estimate of drug-likeness (QED) is 0.611. The summed E-state index contributed by atoms with van der Waals surface area (Å²) in [6, 6.07) is 30.9. The first-order chi connectivity index (χ1) is 12.9. The zero-order valence-electron chi connectivity index (χ0n) is 15.0. The molecule has 0 aromatic heterocycles. The predicted octanol–water partition coefficient (Wildman–Crippen LogP) is 5.20. The van der Waals surface area contributed by atoms with Gasteiger partial charge in [-0.25, -0.2) is 0 Å². The smallest absolute Gasteiger partial charge is 0.119 e. The molecule has 4 rings (SSSR count). The van der Waals surface area contributed by atoms with Crippen molar-refractivity contribution in [2.45, 2.75) is 25.4 Å². The molecule has 1 fully saturated rings. The van der Waals surface area contributed by atoms with Gasteiger partial charge in [-0.05, 0) is 54.3 Å². The largest absolute Gasteiger partial charge is 0.492 e. The first-order valence-electron chi connectivity index (χ1n) is 9.36. The molecule has 1 saturated heterocycles. The maximum Gasteiger partial charge on any atom is 0.119 e. The van der Waals surface area contributed by atoms with E-state index in [1.165, 1.54) is 24.0 Å². The fraction of sp³-hybridized carbons (Fsp3) is 0.250. The molecule has 0 N–H and O–H groups in total. The van der Waals surface area contributed by atoms with Gasteiger partial charge in [-0.1, -0.05) is 66.7 Å². The molecule has 0 unspecified atom stereocenters. The SMILES string of the molecule is [c]1ccccc1-c1ccc(OC[C@@H]2CCCN2Cc2ccccc2)cc1. The van der Waals surface area contributed by atoms with Crippen LogP contribution in [0.2, 0.25) is 0 Å². The van der Waals surface area contributed by atoms with Crippen molar-refractivity contribution in [3.05, 3.63) is 90.5 Å². The van der Waals surface area contributed by atoms with Crippen LogP contribution in [-0.2, 0) is 6.54 Å². The van der Waals surface area contributed by atoms with Crippen molar-refractivity contribution in [3.63, 3.8) is 0 Å². The Kier molecular flexibility index (Phi) is 5.32. The highest BCUT2D eigenvalue weighted by Crippen LogP contribution is 2.24. The van der Waals surface area contributed by atoms with Crippen molar-refractivity contribution in [2.75, 3.05) is 13.2 Å². The molecule has 3 aromatic carbocycles. The zero-order valence-corrected chi connectivity index (χ0v) is 15.0. The summed E-state index contributed by atoms with van der Waals surface area (Å²) < 4.78 is 6.10. The van der Waals surface area contributed by atoms with E-state index in [0.717, 1.165) is 31.0 Å². The van der Waals surface area contributed by atoms with Gasteiger partial charge in [0, 0.05) is 12.6 Å². The van der Waals surface area contributed by atoms with Crippen LogP contribution >= 0.6 is 0 Å². The fourth-order valence-corrected chi connectivity index (χ4v) is 3.61. The van der Waals surface area contributed by atoms with Crippen LogP contribution in [0.5, 0.6) is 5.75 Å². The Morgan fingerprint density at radius 3 is 2.50 bits per heavy atom. The van der Waals surface area contributed by atoms with Crippen molar-refractivity contribution in [1.82, 2.24) is 4.90 Å². The van der Waals surface area contributed by atoms with Crippen LogP contribution < -0.4 is 4.74 Å². The van der Waals surface area contributed by atoms with Crippen LogP contribution in [0.15, 0.2) is 78.9 Å². The Bertz CT molecular complexity index is 799. The second-order valence-corrected chi connectivity index (χ2v) is 6.86. The third kappa shape index (κ3) is 4.14. The first kappa shape index (κ1) is 16.9. The Balaban J connectivity index is 1.34. The highest BCUT2D eigenvalue weighted by atomic mass is 16.5. The van der Waals surface area contributed by atoms with Gasteiger partial charge < -0.3 is 4.74 Å². The van der Waals surface area contributed by atoms with Gasteiger partial charge in [0.15, 0.2) is 0 Å². The Morgan fingerprint density at radius 2 is 1.73 bits per heavy atom. The molecule has 2 heteroatoms. The van der Waals surface area contributed by atoms with Crippen molar-refractivity contribution in [3.8, 4) is 16.9 Å². The molecule has 0 saturated carbocycles. The highest BCUT2D eigenvalue weighted by molar-refractivity contribution is 5.63. The summed E-state index contributed by atoms with van der Waals surface area (Å²) in [5.74, 6) is 0.941. The molecule has 3 aromatic rings. The summed E-state index contributed by atoms with van der Waals surface area (Å²) in [6.07, 6.45) is 2.47. The summed E-state index contributed by atoms with van der Waals surface area (Å²) in [5.41, 5.74) is 3.66. The summed E-state index contributed by atoms with van der Waals surface area (Å²) in [5, 5.41) is 0. The number of rotatable bonds is 6. The van der Waals surface area contributed by atoms with E-state index in [9.17, 15) is 0 Å². The third-order valence-electron chi connectivity index (χ3n) is 5.04. The van der Waals surface area contributed by atoms with E-state index in [0.29, 0.717) is 6.04 Å². The van der Waals surface area contributed by atoms with Gasteiger partial charge in [0.05, 0.1) is 0 Å². The van der Waals surface area contributed by atoms with E-state index in [2.05, 4.69) is 71.6 Å². The minimum atomic E-state index is 0.498. The van der Waals surface area contributed by atoms with Crippen molar-refractivity contribution < 1.29 is 4.74 Å². The lowest BCUT2D eigenvalue weighted by Gasteiger charge is -2.24. The summed E-state index contributed by atoms with van der Waals surface area (Å²) in [7, 11) is 0. The minimum Gasteiger partial charge on any atom is -0.492 e. The molecule has 0 aliphatic carbocycles. The Morgan fingerprint density at radius 1 is 0.923 bits per heavy atom. The van der Waals surface area contributed by atoms with Crippen LogP contribution in [0.3, 0.4) is 0 Å². The number of hydrogen-bond acceptors (Lipinski definition) is 2.